The average molecular weight is 288 g/mol. The number of benzene rings is 1. The summed E-state index contributed by atoms with van der Waals surface area (Å²) in [5, 5.41) is 3.77. The molecule has 1 aliphatic rings. The molecule has 0 fully saturated rings. The lowest BCUT2D eigenvalue weighted by Crippen LogP contribution is -2.45. The smallest absolute Gasteiger partial charge is 0.0220 e. The molecule has 1 aromatic rings. The standard InChI is InChI=1S/C19H32N2/c1-4-12-20-19(16(3)5-2)15-21-13-10-17-8-6-7-9-18(17)11-14-21/h6-9,16,19-20H,4-5,10-15H2,1-3H3. The van der Waals surface area contributed by atoms with Crippen molar-refractivity contribution in [2.24, 2.45) is 5.92 Å². The largest absolute Gasteiger partial charge is 0.312 e. The van der Waals surface area contributed by atoms with Crippen LogP contribution in [0.4, 0.5) is 0 Å². The maximum absolute atomic E-state index is 3.77. The van der Waals surface area contributed by atoms with Crippen LogP contribution in [0, 0.1) is 5.92 Å². The molecule has 0 aliphatic carbocycles. The van der Waals surface area contributed by atoms with Crippen LogP contribution in [0.1, 0.15) is 44.7 Å². The van der Waals surface area contributed by atoms with Gasteiger partial charge < -0.3 is 10.2 Å². The van der Waals surface area contributed by atoms with Gasteiger partial charge in [-0.1, -0.05) is 51.5 Å². The highest BCUT2D eigenvalue weighted by Gasteiger charge is 2.20. The molecule has 1 aromatic carbocycles. The first-order valence-corrected chi connectivity index (χ1v) is 8.77. The third-order valence-electron chi connectivity index (χ3n) is 4.96. The van der Waals surface area contributed by atoms with Gasteiger partial charge in [0, 0.05) is 25.7 Å². The minimum absolute atomic E-state index is 0.635. The first kappa shape index (κ1) is 16.5. The Kier molecular flexibility index (Phi) is 6.72. The second-order valence-electron chi connectivity index (χ2n) is 6.52. The maximum Gasteiger partial charge on any atom is 0.0220 e. The molecule has 0 spiro atoms. The van der Waals surface area contributed by atoms with Gasteiger partial charge in [-0.25, -0.2) is 0 Å². The van der Waals surface area contributed by atoms with Crippen molar-refractivity contribution in [3.05, 3.63) is 35.4 Å². The zero-order chi connectivity index (χ0) is 15.1. The Morgan fingerprint density at radius 1 is 1.10 bits per heavy atom. The third-order valence-corrected chi connectivity index (χ3v) is 4.96. The molecule has 2 heteroatoms. The van der Waals surface area contributed by atoms with Gasteiger partial charge in [-0.15, -0.1) is 0 Å². The monoisotopic (exact) mass is 288 g/mol. The molecule has 2 nitrogen and oxygen atoms in total. The van der Waals surface area contributed by atoms with E-state index in [4.69, 9.17) is 0 Å². The van der Waals surface area contributed by atoms with E-state index >= 15 is 0 Å². The zero-order valence-corrected chi connectivity index (χ0v) is 14.1. The minimum Gasteiger partial charge on any atom is -0.312 e. The van der Waals surface area contributed by atoms with Gasteiger partial charge in [-0.05, 0) is 42.9 Å². The highest BCUT2D eigenvalue weighted by molar-refractivity contribution is 5.28. The Morgan fingerprint density at radius 2 is 1.71 bits per heavy atom. The van der Waals surface area contributed by atoms with Gasteiger partial charge in [0.1, 0.15) is 0 Å². The fourth-order valence-corrected chi connectivity index (χ4v) is 3.23. The molecule has 0 amide bonds. The Balaban J connectivity index is 1.92. The maximum atomic E-state index is 3.77. The second kappa shape index (κ2) is 8.55. The van der Waals surface area contributed by atoms with Crippen LogP contribution < -0.4 is 5.32 Å². The lowest BCUT2D eigenvalue weighted by Gasteiger charge is -2.30. The van der Waals surface area contributed by atoms with Crippen LogP contribution in [0.3, 0.4) is 0 Å². The van der Waals surface area contributed by atoms with Crippen LogP contribution in [0.25, 0.3) is 0 Å². The van der Waals surface area contributed by atoms with Gasteiger partial charge >= 0.3 is 0 Å². The van der Waals surface area contributed by atoms with Crippen molar-refractivity contribution in [2.75, 3.05) is 26.2 Å². The van der Waals surface area contributed by atoms with E-state index in [9.17, 15) is 0 Å². The summed E-state index contributed by atoms with van der Waals surface area (Å²) in [6.45, 7) is 11.7. The number of hydrogen-bond acceptors (Lipinski definition) is 2. The van der Waals surface area contributed by atoms with Gasteiger partial charge in [0.2, 0.25) is 0 Å². The Morgan fingerprint density at radius 3 is 2.24 bits per heavy atom. The van der Waals surface area contributed by atoms with E-state index in [2.05, 4.69) is 55.3 Å². The number of nitrogens with one attached hydrogen (secondary N) is 1. The highest BCUT2D eigenvalue weighted by atomic mass is 15.1. The van der Waals surface area contributed by atoms with Gasteiger partial charge in [0.25, 0.3) is 0 Å². The van der Waals surface area contributed by atoms with Crippen LogP contribution in [0.15, 0.2) is 24.3 Å². The SMILES string of the molecule is CCCNC(CN1CCc2ccccc2CC1)C(C)CC. The fraction of sp³-hybridized carbons (Fsp3) is 0.684. The van der Waals surface area contributed by atoms with Crippen LogP contribution in [-0.2, 0) is 12.8 Å². The zero-order valence-electron chi connectivity index (χ0n) is 14.1. The van der Waals surface area contributed by atoms with Crippen LogP contribution >= 0.6 is 0 Å². The summed E-state index contributed by atoms with van der Waals surface area (Å²) in [7, 11) is 0. The number of hydrogen-bond donors (Lipinski definition) is 1. The normalized spacial score (nSPS) is 18.8. The van der Waals surface area contributed by atoms with Gasteiger partial charge in [0.05, 0.1) is 0 Å². The number of rotatable bonds is 7. The van der Waals surface area contributed by atoms with E-state index in [1.54, 1.807) is 11.1 Å². The molecule has 0 radical (unpaired) electrons. The fourth-order valence-electron chi connectivity index (χ4n) is 3.23. The molecule has 1 heterocycles. The Labute approximate surface area is 130 Å². The summed E-state index contributed by atoms with van der Waals surface area (Å²) in [6.07, 6.45) is 4.89. The van der Waals surface area contributed by atoms with Crippen molar-refractivity contribution in [3.8, 4) is 0 Å². The molecule has 2 unspecified atom stereocenters. The predicted molar refractivity (Wildman–Crippen MR) is 91.8 cm³/mol. The van der Waals surface area contributed by atoms with E-state index in [-0.39, 0.29) is 0 Å². The van der Waals surface area contributed by atoms with Crippen molar-refractivity contribution in [1.29, 1.82) is 0 Å². The predicted octanol–water partition coefficient (Wildman–Crippen LogP) is 3.50. The van der Waals surface area contributed by atoms with Crippen LogP contribution in [0.5, 0.6) is 0 Å². The molecule has 0 bridgehead atoms. The summed E-state index contributed by atoms with van der Waals surface area (Å²) < 4.78 is 0. The van der Waals surface area contributed by atoms with Crippen molar-refractivity contribution in [3.63, 3.8) is 0 Å². The molecular formula is C19H32N2. The minimum atomic E-state index is 0.635. The molecule has 0 aromatic heterocycles. The first-order chi connectivity index (χ1) is 10.2. The Hall–Kier alpha value is -0.860. The molecule has 2 rings (SSSR count). The highest BCUT2D eigenvalue weighted by Crippen LogP contribution is 2.17. The van der Waals surface area contributed by atoms with E-state index in [1.165, 1.54) is 45.3 Å². The topological polar surface area (TPSA) is 15.3 Å². The molecule has 1 N–H and O–H groups in total. The average Bonchev–Trinajstić information content (AvgIpc) is 2.73. The number of fused-ring (bicyclic) bond motifs is 1. The summed E-state index contributed by atoms with van der Waals surface area (Å²) in [5.74, 6) is 0.752. The van der Waals surface area contributed by atoms with Crippen molar-refractivity contribution in [1.82, 2.24) is 10.2 Å². The van der Waals surface area contributed by atoms with E-state index in [0.29, 0.717) is 6.04 Å². The molecule has 118 valence electrons. The Bertz CT molecular complexity index is 389. The van der Waals surface area contributed by atoms with Crippen molar-refractivity contribution in [2.45, 2.75) is 52.5 Å². The van der Waals surface area contributed by atoms with Gasteiger partial charge in [-0.3, -0.25) is 0 Å². The number of nitrogens with zero attached hydrogens (tertiary/aromatic N) is 1. The van der Waals surface area contributed by atoms with Crippen molar-refractivity contribution >= 4 is 0 Å². The van der Waals surface area contributed by atoms with Crippen molar-refractivity contribution < 1.29 is 0 Å². The van der Waals surface area contributed by atoms with Gasteiger partial charge in [0.15, 0.2) is 0 Å². The van der Waals surface area contributed by atoms with E-state index in [1.807, 2.05) is 0 Å². The quantitative estimate of drug-likeness (QED) is 0.826. The molecule has 2 atom stereocenters. The lowest BCUT2D eigenvalue weighted by molar-refractivity contribution is 0.217. The van der Waals surface area contributed by atoms with E-state index in [0.717, 1.165) is 12.5 Å². The first-order valence-electron chi connectivity index (χ1n) is 8.77. The van der Waals surface area contributed by atoms with E-state index < -0.39 is 0 Å². The second-order valence-corrected chi connectivity index (χ2v) is 6.52. The van der Waals surface area contributed by atoms with Crippen LogP contribution in [-0.4, -0.2) is 37.1 Å². The molecular weight excluding hydrogens is 256 g/mol. The summed E-state index contributed by atoms with van der Waals surface area (Å²) in [4.78, 5) is 2.67. The van der Waals surface area contributed by atoms with Gasteiger partial charge in [-0.2, -0.15) is 0 Å². The molecule has 0 saturated heterocycles. The third kappa shape index (κ3) is 4.82. The summed E-state index contributed by atoms with van der Waals surface area (Å²) >= 11 is 0. The molecule has 21 heavy (non-hydrogen) atoms. The summed E-state index contributed by atoms with van der Waals surface area (Å²) in [5.41, 5.74) is 3.11. The molecule has 1 aliphatic heterocycles. The van der Waals surface area contributed by atoms with Crippen LogP contribution in [0.2, 0.25) is 0 Å². The summed E-state index contributed by atoms with van der Waals surface area (Å²) in [6, 6.07) is 9.61. The lowest BCUT2D eigenvalue weighted by atomic mass is 9.98. The molecule has 0 saturated carbocycles.